The molecular weight excluding hydrogens is 268 g/mol. The summed E-state index contributed by atoms with van der Waals surface area (Å²) in [5.74, 6) is -0.0415. The number of rotatable bonds is 4. The summed E-state index contributed by atoms with van der Waals surface area (Å²) < 4.78 is 1.56. The van der Waals surface area contributed by atoms with E-state index in [0.29, 0.717) is 18.7 Å². The lowest BCUT2D eigenvalue weighted by atomic mass is 10.2. The molecule has 1 aliphatic rings. The van der Waals surface area contributed by atoms with Crippen LogP contribution in [0.4, 0.5) is 0 Å². The third-order valence-corrected chi connectivity index (χ3v) is 3.82. The summed E-state index contributed by atoms with van der Waals surface area (Å²) in [6, 6.07) is 1.74. The Balaban J connectivity index is 1.77. The summed E-state index contributed by atoms with van der Waals surface area (Å²) >= 11 is 0. The molecule has 1 aliphatic heterocycles. The molecule has 0 unspecified atom stereocenters. The van der Waals surface area contributed by atoms with Crippen LogP contribution in [-0.4, -0.2) is 46.1 Å². The van der Waals surface area contributed by atoms with E-state index in [0.717, 1.165) is 31.6 Å². The molecule has 116 valence electrons. The van der Waals surface area contributed by atoms with Crippen LogP contribution in [-0.2, 0) is 11.8 Å². The monoisotopic (exact) mass is 292 g/mol. The molecule has 0 radical (unpaired) electrons. The molecule has 1 saturated heterocycles. The van der Waals surface area contributed by atoms with Crippen LogP contribution in [0.15, 0.2) is 6.07 Å². The van der Waals surface area contributed by atoms with Gasteiger partial charge in [0.1, 0.15) is 5.69 Å². The number of likely N-dealkylation sites (tertiary alicyclic amines) is 1. The minimum atomic E-state index is -0.179. The molecule has 6 nitrogen and oxygen atoms in total. The second-order valence-corrected chi connectivity index (χ2v) is 5.60. The molecule has 6 heteroatoms. The molecule has 2 amide bonds. The number of hydrogen-bond donors (Lipinski definition) is 1. The summed E-state index contributed by atoms with van der Waals surface area (Å²) in [5.41, 5.74) is 1.33. The average molecular weight is 292 g/mol. The third-order valence-electron chi connectivity index (χ3n) is 3.82. The van der Waals surface area contributed by atoms with Crippen molar-refractivity contribution < 1.29 is 9.59 Å². The smallest absolute Gasteiger partial charge is 0.269 e. The van der Waals surface area contributed by atoms with Gasteiger partial charge in [-0.3, -0.25) is 14.3 Å². The molecular formula is C15H24N4O2. The van der Waals surface area contributed by atoms with Crippen molar-refractivity contribution in [3.63, 3.8) is 0 Å². The van der Waals surface area contributed by atoms with Crippen molar-refractivity contribution in [1.82, 2.24) is 20.0 Å². The second kappa shape index (κ2) is 7.24. The van der Waals surface area contributed by atoms with Gasteiger partial charge in [-0.1, -0.05) is 12.8 Å². The van der Waals surface area contributed by atoms with Gasteiger partial charge in [0, 0.05) is 33.1 Å². The van der Waals surface area contributed by atoms with Gasteiger partial charge < -0.3 is 10.2 Å². The van der Waals surface area contributed by atoms with Crippen LogP contribution in [0.3, 0.4) is 0 Å². The third kappa shape index (κ3) is 4.31. The maximum Gasteiger partial charge on any atom is 0.269 e. The van der Waals surface area contributed by atoms with Gasteiger partial charge in [0.25, 0.3) is 5.91 Å². The zero-order chi connectivity index (χ0) is 15.2. The molecule has 0 spiro atoms. The predicted octanol–water partition coefficient (Wildman–Crippen LogP) is 1.25. The van der Waals surface area contributed by atoms with Crippen molar-refractivity contribution in [2.45, 2.75) is 39.0 Å². The molecule has 2 heterocycles. The Morgan fingerprint density at radius 3 is 2.48 bits per heavy atom. The maximum atomic E-state index is 12.1. The van der Waals surface area contributed by atoms with E-state index < -0.39 is 0 Å². The Labute approximate surface area is 125 Å². The number of carbonyl (C=O) groups excluding carboxylic acids is 2. The Morgan fingerprint density at radius 1 is 1.24 bits per heavy atom. The number of amides is 2. The Bertz CT molecular complexity index is 502. The number of nitrogens with one attached hydrogen (secondary N) is 1. The predicted molar refractivity (Wildman–Crippen MR) is 79.9 cm³/mol. The van der Waals surface area contributed by atoms with Crippen LogP contribution in [0.2, 0.25) is 0 Å². The van der Waals surface area contributed by atoms with Crippen LogP contribution in [0.5, 0.6) is 0 Å². The highest BCUT2D eigenvalue weighted by Crippen LogP contribution is 2.10. The van der Waals surface area contributed by atoms with Gasteiger partial charge in [-0.2, -0.15) is 5.10 Å². The van der Waals surface area contributed by atoms with E-state index in [9.17, 15) is 9.59 Å². The van der Waals surface area contributed by atoms with Gasteiger partial charge in [-0.05, 0) is 25.8 Å². The Kier molecular flexibility index (Phi) is 5.36. The number of aromatic nitrogens is 2. The quantitative estimate of drug-likeness (QED) is 0.908. The molecule has 21 heavy (non-hydrogen) atoms. The van der Waals surface area contributed by atoms with Crippen molar-refractivity contribution in [2.24, 2.45) is 7.05 Å². The number of nitrogens with zero attached hydrogens (tertiary/aromatic N) is 3. The van der Waals surface area contributed by atoms with E-state index in [-0.39, 0.29) is 11.8 Å². The highest BCUT2D eigenvalue weighted by Gasteiger charge is 2.16. The zero-order valence-electron chi connectivity index (χ0n) is 12.9. The van der Waals surface area contributed by atoms with Crippen LogP contribution in [0.1, 0.15) is 48.3 Å². The molecule has 2 rings (SSSR count). The average Bonchev–Trinajstić information content (AvgIpc) is 2.68. The fourth-order valence-corrected chi connectivity index (χ4v) is 2.67. The Morgan fingerprint density at radius 2 is 1.90 bits per heavy atom. The number of hydrogen-bond acceptors (Lipinski definition) is 3. The molecule has 0 saturated carbocycles. The van der Waals surface area contributed by atoms with Crippen molar-refractivity contribution in [3.05, 3.63) is 17.5 Å². The highest BCUT2D eigenvalue weighted by atomic mass is 16.2. The van der Waals surface area contributed by atoms with Gasteiger partial charge >= 0.3 is 0 Å². The molecule has 0 bridgehead atoms. The minimum Gasteiger partial charge on any atom is -0.350 e. The van der Waals surface area contributed by atoms with E-state index in [1.54, 1.807) is 17.8 Å². The van der Waals surface area contributed by atoms with Crippen LogP contribution in [0.25, 0.3) is 0 Å². The van der Waals surface area contributed by atoms with Crippen molar-refractivity contribution >= 4 is 11.8 Å². The van der Waals surface area contributed by atoms with Crippen LogP contribution >= 0.6 is 0 Å². The fourth-order valence-electron chi connectivity index (χ4n) is 2.67. The van der Waals surface area contributed by atoms with Crippen molar-refractivity contribution in [3.8, 4) is 0 Å². The first kappa shape index (κ1) is 15.5. The zero-order valence-corrected chi connectivity index (χ0v) is 12.9. The topological polar surface area (TPSA) is 67.2 Å². The first-order chi connectivity index (χ1) is 10.1. The van der Waals surface area contributed by atoms with Crippen molar-refractivity contribution in [2.75, 3.05) is 19.6 Å². The normalized spacial score (nSPS) is 15.6. The van der Waals surface area contributed by atoms with E-state index in [1.807, 2.05) is 11.8 Å². The highest BCUT2D eigenvalue weighted by molar-refractivity contribution is 5.92. The van der Waals surface area contributed by atoms with E-state index in [1.165, 1.54) is 12.8 Å². The van der Waals surface area contributed by atoms with Gasteiger partial charge in [0.2, 0.25) is 5.91 Å². The largest absolute Gasteiger partial charge is 0.350 e. The molecule has 1 fully saturated rings. The van der Waals surface area contributed by atoms with Crippen LogP contribution < -0.4 is 5.32 Å². The molecule has 1 aromatic rings. The molecule has 1 N–H and O–H groups in total. The van der Waals surface area contributed by atoms with Gasteiger partial charge in [-0.25, -0.2) is 0 Å². The summed E-state index contributed by atoms with van der Waals surface area (Å²) in [5, 5.41) is 6.93. The maximum absolute atomic E-state index is 12.1. The first-order valence-corrected chi connectivity index (χ1v) is 7.64. The lowest BCUT2D eigenvalue weighted by molar-refractivity contribution is -0.131. The molecule has 1 aromatic heterocycles. The first-order valence-electron chi connectivity index (χ1n) is 7.64. The van der Waals surface area contributed by atoms with E-state index >= 15 is 0 Å². The molecule has 0 aromatic carbocycles. The van der Waals surface area contributed by atoms with Crippen molar-refractivity contribution in [1.29, 1.82) is 0 Å². The SMILES string of the molecule is Cc1cc(C(=O)NCCC(=O)N2CCCCCC2)n(C)n1. The van der Waals surface area contributed by atoms with Gasteiger partial charge in [0.05, 0.1) is 5.69 Å². The molecule has 0 aliphatic carbocycles. The fraction of sp³-hybridized carbons (Fsp3) is 0.667. The summed E-state index contributed by atoms with van der Waals surface area (Å²) in [7, 11) is 1.74. The Hall–Kier alpha value is -1.85. The number of aryl methyl sites for hydroxylation is 2. The minimum absolute atomic E-state index is 0.137. The lowest BCUT2D eigenvalue weighted by Crippen LogP contribution is -2.35. The van der Waals surface area contributed by atoms with E-state index in [2.05, 4.69) is 10.4 Å². The van der Waals surface area contributed by atoms with Gasteiger partial charge in [-0.15, -0.1) is 0 Å². The van der Waals surface area contributed by atoms with E-state index in [4.69, 9.17) is 0 Å². The standard InChI is InChI=1S/C15H24N4O2/c1-12-11-13(18(2)17-12)15(21)16-8-7-14(20)19-9-5-3-4-6-10-19/h11H,3-10H2,1-2H3,(H,16,21). The summed E-state index contributed by atoms with van der Waals surface area (Å²) in [6.07, 6.45) is 4.96. The second-order valence-electron chi connectivity index (χ2n) is 5.60. The number of carbonyl (C=O) groups is 2. The summed E-state index contributed by atoms with van der Waals surface area (Å²) in [6.45, 7) is 3.93. The van der Waals surface area contributed by atoms with Gasteiger partial charge in [0.15, 0.2) is 0 Å². The van der Waals surface area contributed by atoms with Crippen LogP contribution in [0, 0.1) is 6.92 Å². The lowest BCUT2D eigenvalue weighted by Gasteiger charge is -2.20. The molecule has 0 atom stereocenters. The summed E-state index contributed by atoms with van der Waals surface area (Å²) in [4.78, 5) is 26.0.